The molecule has 0 aliphatic rings. The van der Waals surface area contributed by atoms with E-state index in [1.807, 2.05) is 48.5 Å². The van der Waals surface area contributed by atoms with Crippen LogP contribution in [0.15, 0.2) is 48.5 Å². The average molecular weight is 340 g/mol. The van der Waals surface area contributed by atoms with Gasteiger partial charge in [0.25, 0.3) is 0 Å². The number of hydrogen-bond donors (Lipinski definition) is 2. The summed E-state index contributed by atoms with van der Waals surface area (Å²) in [7, 11) is 0. The van der Waals surface area contributed by atoms with E-state index < -0.39 is 0 Å². The first kappa shape index (κ1) is 18.8. The van der Waals surface area contributed by atoms with Gasteiger partial charge >= 0.3 is 0 Å². The Balaban J connectivity index is 1.97. The number of rotatable bonds is 8. The van der Waals surface area contributed by atoms with Gasteiger partial charge in [-0.15, -0.1) is 0 Å². The average Bonchev–Trinajstić information content (AvgIpc) is 2.59. The van der Waals surface area contributed by atoms with Crippen LogP contribution in [0.5, 0.6) is 5.75 Å². The molecule has 4 nitrogen and oxygen atoms in total. The Labute approximate surface area is 150 Å². The highest BCUT2D eigenvalue weighted by Gasteiger charge is 2.10. The van der Waals surface area contributed by atoms with Crippen molar-refractivity contribution in [1.29, 1.82) is 0 Å². The summed E-state index contributed by atoms with van der Waals surface area (Å²) in [6.07, 6.45) is 0. The lowest BCUT2D eigenvalue weighted by Gasteiger charge is -2.16. The van der Waals surface area contributed by atoms with Gasteiger partial charge in [-0.2, -0.15) is 0 Å². The number of carbonyl (C=O) groups excluding carboxylic acids is 1. The fourth-order valence-corrected chi connectivity index (χ4v) is 2.48. The van der Waals surface area contributed by atoms with Gasteiger partial charge in [-0.25, -0.2) is 0 Å². The second-order valence-corrected chi connectivity index (χ2v) is 6.84. The molecule has 0 spiro atoms. The van der Waals surface area contributed by atoms with Crippen molar-refractivity contribution in [3.05, 3.63) is 54.1 Å². The van der Waals surface area contributed by atoms with Gasteiger partial charge in [-0.3, -0.25) is 4.79 Å². The zero-order valence-corrected chi connectivity index (χ0v) is 15.5. The minimum absolute atomic E-state index is 0.0771. The first-order chi connectivity index (χ1) is 12.0. The lowest BCUT2D eigenvalue weighted by atomic mass is 10.0. The third-order valence-electron chi connectivity index (χ3n) is 3.76. The number of para-hydroxylation sites is 3. The highest BCUT2D eigenvalue weighted by molar-refractivity contribution is 5.94. The highest BCUT2D eigenvalue weighted by atomic mass is 16.5. The lowest BCUT2D eigenvalue weighted by molar-refractivity contribution is -0.114. The molecule has 0 atom stereocenters. The van der Waals surface area contributed by atoms with Crippen molar-refractivity contribution >= 4 is 17.3 Å². The topological polar surface area (TPSA) is 50.4 Å². The van der Waals surface area contributed by atoms with E-state index in [2.05, 4.69) is 38.3 Å². The molecule has 2 aromatic carbocycles. The van der Waals surface area contributed by atoms with Gasteiger partial charge in [0, 0.05) is 5.69 Å². The molecule has 2 aromatic rings. The Bertz CT molecular complexity index is 696. The maximum atomic E-state index is 12.3. The van der Waals surface area contributed by atoms with E-state index in [4.69, 9.17) is 4.74 Å². The fourth-order valence-electron chi connectivity index (χ4n) is 2.48. The standard InChI is InChI=1S/C21H28N2O2/c1-15(2)14-25-20-12-8-7-11-19(20)22-13-21(24)23-18-10-6-5-9-17(18)16(3)4/h5-12,15-16,22H,13-14H2,1-4H3,(H,23,24). The van der Waals surface area contributed by atoms with Crippen molar-refractivity contribution in [1.82, 2.24) is 0 Å². The van der Waals surface area contributed by atoms with Crippen molar-refractivity contribution in [3.8, 4) is 5.75 Å². The van der Waals surface area contributed by atoms with Crippen molar-refractivity contribution in [2.24, 2.45) is 5.92 Å². The number of amides is 1. The Kier molecular flexibility index (Phi) is 6.87. The van der Waals surface area contributed by atoms with E-state index in [-0.39, 0.29) is 12.5 Å². The van der Waals surface area contributed by atoms with Crippen LogP contribution < -0.4 is 15.4 Å². The SMILES string of the molecule is CC(C)COc1ccccc1NCC(=O)Nc1ccccc1C(C)C. The van der Waals surface area contributed by atoms with Crippen molar-refractivity contribution in [2.45, 2.75) is 33.6 Å². The summed E-state index contributed by atoms with van der Waals surface area (Å²) in [6, 6.07) is 15.6. The van der Waals surface area contributed by atoms with Crippen LogP contribution in [0.25, 0.3) is 0 Å². The van der Waals surface area contributed by atoms with E-state index in [9.17, 15) is 4.79 Å². The van der Waals surface area contributed by atoms with Crippen LogP contribution in [-0.2, 0) is 4.79 Å². The molecule has 2 rings (SSSR count). The molecule has 0 aliphatic carbocycles. The molecule has 4 heteroatoms. The van der Waals surface area contributed by atoms with Crippen molar-refractivity contribution in [3.63, 3.8) is 0 Å². The van der Waals surface area contributed by atoms with Gasteiger partial charge in [-0.05, 0) is 35.6 Å². The van der Waals surface area contributed by atoms with Crippen LogP contribution in [0, 0.1) is 5.92 Å². The van der Waals surface area contributed by atoms with Gasteiger partial charge in [0.05, 0.1) is 18.8 Å². The number of anilines is 2. The summed E-state index contributed by atoms with van der Waals surface area (Å²) in [5, 5.41) is 6.16. The van der Waals surface area contributed by atoms with Crippen LogP contribution in [0.1, 0.15) is 39.2 Å². The second-order valence-electron chi connectivity index (χ2n) is 6.84. The molecule has 25 heavy (non-hydrogen) atoms. The summed E-state index contributed by atoms with van der Waals surface area (Å²) < 4.78 is 5.81. The molecule has 0 radical (unpaired) electrons. The molecule has 0 aliphatic heterocycles. The molecule has 0 aromatic heterocycles. The highest BCUT2D eigenvalue weighted by Crippen LogP contribution is 2.25. The Morgan fingerprint density at radius 1 is 0.960 bits per heavy atom. The van der Waals surface area contributed by atoms with E-state index >= 15 is 0 Å². The van der Waals surface area contributed by atoms with E-state index in [1.54, 1.807) is 0 Å². The number of ether oxygens (including phenoxy) is 1. The quantitative estimate of drug-likeness (QED) is 0.719. The van der Waals surface area contributed by atoms with Gasteiger partial charge in [0.2, 0.25) is 5.91 Å². The summed E-state index contributed by atoms with van der Waals surface area (Å²) in [4.78, 5) is 12.3. The van der Waals surface area contributed by atoms with Gasteiger partial charge in [-0.1, -0.05) is 58.0 Å². The van der Waals surface area contributed by atoms with Crippen LogP contribution in [0.3, 0.4) is 0 Å². The van der Waals surface area contributed by atoms with Crippen molar-refractivity contribution in [2.75, 3.05) is 23.8 Å². The van der Waals surface area contributed by atoms with Gasteiger partial charge < -0.3 is 15.4 Å². The predicted molar refractivity (Wildman–Crippen MR) is 104 cm³/mol. The molecule has 1 amide bonds. The third-order valence-corrected chi connectivity index (χ3v) is 3.76. The summed E-state index contributed by atoms with van der Waals surface area (Å²) in [6.45, 7) is 9.28. The monoisotopic (exact) mass is 340 g/mol. The molecule has 134 valence electrons. The van der Waals surface area contributed by atoms with Gasteiger partial charge in [0.1, 0.15) is 5.75 Å². The third kappa shape index (κ3) is 5.82. The van der Waals surface area contributed by atoms with Crippen molar-refractivity contribution < 1.29 is 9.53 Å². The molecule has 0 fully saturated rings. The first-order valence-corrected chi connectivity index (χ1v) is 8.82. The van der Waals surface area contributed by atoms with E-state index in [1.165, 1.54) is 0 Å². The molecular formula is C21H28N2O2. The number of nitrogens with one attached hydrogen (secondary N) is 2. The Hall–Kier alpha value is -2.49. The lowest BCUT2D eigenvalue weighted by Crippen LogP contribution is -2.22. The van der Waals surface area contributed by atoms with Crippen LogP contribution >= 0.6 is 0 Å². The van der Waals surface area contributed by atoms with Crippen LogP contribution in [0.4, 0.5) is 11.4 Å². The second kappa shape index (κ2) is 9.11. The van der Waals surface area contributed by atoms with Gasteiger partial charge in [0.15, 0.2) is 0 Å². The Morgan fingerprint density at radius 2 is 1.60 bits per heavy atom. The number of hydrogen-bond acceptors (Lipinski definition) is 3. The summed E-state index contributed by atoms with van der Waals surface area (Å²) in [5.74, 6) is 1.50. The molecule has 0 unspecified atom stereocenters. The van der Waals surface area contributed by atoms with Crippen LogP contribution in [-0.4, -0.2) is 19.1 Å². The minimum atomic E-state index is -0.0771. The summed E-state index contributed by atoms with van der Waals surface area (Å²) in [5.41, 5.74) is 2.83. The first-order valence-electron chi connectivity index (χ1n) is 8.82. The maximum absolute atomic E-state index is 12.3. The smallest absolute Gasteiger partial charge is 0.243 e. The molecule has 2 N–H and O–H groups in total. The minimum Gasteiger partial charge on any atom is -0.491 e. The Morgan fingerprint density at radius 3 is 2.28 bits per heavy atom. The molecule has 0 bridgehead atoms. The normalized spacial score (nSPS) is 10.8. The van der Waals surface area contributed by atoms with E-state index in [0.717, 1.165) is 22.7 Å². The molecule has 0 saturated carbocycles. The zero-order valence-electron chi connectivity index (χ0n) is 15.5. The molecule has 0 saturated heterocycles. The number of benzene rings is 2. The zero-order chi connectivity index (χ0) is 18.2. The van der Waals surface area contributed by atoms with Crippen LogP contribution in [0.2, 0.25) is 0 Å². The predicted octanol–water partition coefficient (Wildman–Crippen LogP) is 4.90. The largest absolute Gasteiger partial charge is 0.491 e. The summed E-state index contributed by atoms with van der Waals surface area (Å²) >= 11 is 0. The molecular weight excluding hydrogens is 312 g/mol. The maximum Gasteiger partial charge on any atom is 0.243 e. The molecule has 0 heterocycles. The van der Waals surface area contributed by atoms with E-state index in [0.29, 0.717) is 18.4 Å². The number of carbonyl (C=O) groups is 1. The fraction of sp³-hybridized carbons (Fsp3) is 0.381.